The van der Waals surface area contributed by atoms with Gasteiger partial charge in [-0.1, -0.05) is 12.1 Å². The van der Waals surface area contributed by atoms with Crippen molar-refractivity contribution in [3.8, 4) is 11.4 Å². The number of alkyl halides is 3. The lowest BCUT2D eigenvalue weighted by Gasteiger charge is -2.33. The second-order valence-corrected chi connectivity index (χ2v) is 9.99. The van der Waals surface area contributed by atoms with Gasteiger partial charge in [0.05, 0.1) is 24.8 Å². The number of tetrazole rings is 1. The van der Waals surface area contributed by atoms with Crippen molar-refractivity contribution < 1.29 is 27.4 Å². The molecule has 1 aromatic heterocycles. The molecule has 0 unspecified atom stereocenters. The molecule has 4 rings (SSSR count). The molecule has 0 radical (unpaired) electrons. The van der Waals surface area contributed by atoms with Crippen molar-refractivity contribution in [2.75, 3.05) is 25.0 Å². The van der Waals surface area contributed by atoms with E-state index >= 15 is 0 Å². The van der Waals surface area contributed by atoms with Gasteiger partial charge in [-0.3, -0.25) is 0 Å². The molecular formula is C26H31F3N6O3. The van der Waals surface area contributed by atoms with E-state index in [1.807, 2.05) is 39.0 Å². The van der Waals surface area contributed by atoms with Crippen molar-refractivity contribution in [1.82, 2.24) is 25.1 Å². The SMILES string of the molecule is CC(C)(C)OC(=O)N1CCC(OCCn2nnc(-c3ccccc3Nc3ccc(C(F)(F)F)cc3)n2)CC1. The van der Waals surface area contributed by atoms with Crippen LogP contribution in [-0.2, 0) is 22.2 Å². The monoisotopic (exact) mass is 532 g/mol. The quantitative estimate of drug-likeness (QED) is 0.428. The molecule has 12 heteroatoms. The molecule has 0 spiro atoms. The van der Waals surface area contributed by atoms with Gasteiger partial charge in [0.15, 0.2) is 0 Å². The third-order valence-electron chi connectivity index (χ3n) is 5.85. The molecule has 204 valence electrons. The molecular weight excluding hydrogens is 501 g/mol. The molecule has 0 atom stereocenters. The predicted octanol–water partition coefficient (Wildman–Crippen LogP) is 5.52. The summed E-state index contributed by atoms with van der Waals surface area (Å²) in [6, 6.07) is 12.0. The van der Waals surface area contributed by atoms with Crippen LogP contribution in [0.3, 0.4) is 0 Å². The van der Waals surface area contributed by atoms with Gasteiger partial charge < -0.3 is 19.7 Å². The summed E-state index contributed by atoms with van der Waals surface area (Å²) in [5.74, 6) is 0.380. The van der Waals surface area contributed by atoms with Gasteiger partial charge in [0, 0.05) is 30.0 Å². The number of aromatic nitrogens is 4. The van der Waals surface area contributed by atoms with E-state index < -0.39 is 17.3 Å². The van der Waals surface area contributed by atoms with E-state index in [1.54, 1.807) is 11.0 Å². The van der Waals surface area contributed by atoms with Gasteiger partial charge in [0.2, 0.25) is 5.82 Å². The number of halogens is 3. The Morgan fingerprint density at radius 3 is 2.39 bits per heavy atom. The Kier molecular flexibility index (Phi) is 8.20. The number of rotatable bonds is 7. The predicted molar refractivity (Wildman–Crippen MR) is 135 cm³/mol. The maximum absolute atomic E-state index is 12.8. The number of anilines is 2. The summed E-state index contributed by atoms with van der Waals surface area (Å²) >= 11 is 0. The van der Waals surface area contributed by atoms with Crippen LogP contribution in [0.15, 0.2) is 48.5 Å². The van der Waals surface area contributed by atoms with Crippen LogP contribution in [0.4, 0.5) is 29.3 Å². The van der Waals surface area contributed by atoms with E-state index in [2.05, 4.69) is 20.7 Å². The normalized spacial score (nSPS) is 14.9. The minimum absolute atomic E-state index is 0.0327. The van der Waals surface area contributed by atoms with E-state index in [0.29, 0.717) is 49.0 Å². The van der Waals surface area contributed by atoms with E-state index in [0.717, 1.165) is 25.0 Å². The van der Waals surface area contributed by atoms with E-state index in [9.17, 15) is 18.0 Å². The van der Waals surface area contributed by atoms with Gasteiger partial charge in [-0.25, -0.2) is 4.79 Å². The molecule has 1 saturated heterocycles. The highest BCUT2D eigenvalue weighted by molar-refractivity contribution is 5.77. The molecule has 1 amide bonds. The lowest BCUT2D eigenvalue weighted by molar-refractivity contribution is -0.137. The maximum atomic E-state index is 12.8. The topological polar surface area (TPSA) is 94.4 Å². The molecule has 0 bridgehead atoms. The Hall–Kier alpha value is -3.67. The average Bonchev–Trinajstić information content (AvgIpc) is 3.32. The number of para-hydroxylation sites is 1. The first-order valence-corrected chi connectivity index (χ1v) is 12.4. The van der Waals surface area contributed by atoms with Gasteiger partial charge in [0.1, 0.15) is 5.60 Å². The summed E-state index contributed by atoms with van der Waals surface area (Å²) in [7, 11) is 0. The second kappa shape index (κ2) is 11.4. The average molecular weight is 533 g/mol. The highest BCUT2D eigenvalue weighted by atomic mass is 19.4. The van der Waals surface area contributed by atoms with Crippen molar-refractivity contribution in [2.45, 2.75) is 58.0 Å². The molecule has 3 aromatic rings. The standard InChI is InChI=1S/C26H31F3N6O3/c1-25(2,3)38-24(36)34-14-12-20(13-15-34)37-17-16-35-32-23(31-33-35)21-6-4-5-7-22(21)30-19-10-8-18(9-11-19)26(27,28)29/h4-11,20,30H,12-17H2,1-3H3. The summed E-state index contributed by atoms with van der Waals surface area (Å²) in [6.45, 7) is 7.48. The molecule has 2 aromatic carbocycles. The third kappa shape index (κ3) is 7.44. The Morgan fingerprint density at radius 2 is 1.74 bits per heavy atom. The van der Waals surface area contributed by atoms with Gasteiger partial charge in [-0.15, -0.1) is 10.2 Å². The molecule has 1 aliphatic heterocycles. The summed E-state index contributed by atoms with van der Waals surface area (Å²) in [4.78, 5) is 15.4. The summed E-state index contributed by atoms with van der Waals surface area (Å²) in [5, 5.41) is 15.8. The van der Waals surface area contributed by atoms with E-state index in [1.165, 1.54) is 16.9 Å². The van der Waals surface area contributed by atoms with Gasteiger partial charge in [-0.2, -0.15) is 18.0 Å². The molecule has 2 heterocycles. The Bertz CT molecular complexity index is 1220. The zero-order valence-corrected chi connectivity index (χ0v) is 21.5. The first-order valence-electron chi connectivity index (χ1n) is 12.4. The van der Waals surface area contributed by atoms with Crippen molar-refractivity contribution in [3.63, 3.8) is 0 Å². The minimum atomic E-state index is -4.39. The number of hydrogen-bond donors (Lipinski definition) is 1. The van der Waals surface area contributed by atoms with Crippen molar-refractivity contribution >= 4 is 17.5 Å². The lowest BCUT2D eigenvalue weighted by atomic mass is 10.1. The minimum Gasteiger partial charge on any atom is -0.444 e. The van der Waals surface area contributed by atoms with Gasteiger partial charge in [0.25, 0.3) is 0 Å². The molecule has 1 fully saturated rings. The highest BCUT2D eigenvalue weighted by Gasteiger charge is 2.30. The zero-order valence-electron chi connectivity index (χ0n) is 21.5. The Labute approximate surface area is 218 Å². The number of likely N-dealkylation sites (tertiary alicyclic amines) is 1. The van der Waals surface area contributed by atoms with Crippen molar-refractivity contribution in [2.24, 2.45) is 0 Å². The van der Waals surface area contributed by atoms with Crippen LogP contribution in [-0.4, -0.2) is 62.6 Å². The first-order chi connectivity index (χ1) is 18.0. The summed E-state index contributed by atoms with van der Waals surface area (Å²) in [5.41, 5.74) is 0.571. The Balaban J connectivity index is 1.29. The highest BCUT2D eigenvalue weighted by Crippen LogP contribution is 2.32. The molecule has 1 N–H and O–H groups in total. The number of carbonyl (C=O) groups is 1. The van der Waals surface area contributed by atoms with E-state index in [-0.39, 0.29) is 12.2 Å². The van der Waals surface area contributed by atoms with Gasteiger partial charge in [-0.05, 0) is 75.2 Å². The molecule has 0 aliphatic carbocycles. The fraction of sp³-hybridized carbons (Fsp3) is 0.462. The number of nitrogens with one attached hydrogen (secondary N) is 1. The second-order valence-electron chi connectivity index (χ2n) is 9.99. The molecule has 38 heavy (non-hydrogen) atoms. The fourth-order valence-electron chi connectivity index (χ4n) is 3.96. The van der Waals surface area contributed by atoms with Crippen LogP contribution in [0.5, 0.6) is 0 Å². The van der Waals surface area contributed by atoms with Crippen LogP contribution in [0.1, 0.15) is 39.2 Å². The first kappa shape index (κ1) is 27.4. The number of ether oxygens (including phenoxy) is 2. The number of carbonyl (C=O) groups excluding carboxylic acids is 1. The third-order valence-corrected chi connectivity index (χ3v) is 5.85. The summed E-state index contributed by atoms with van der Waals surface area (Å²) in [6.07, 6.45) is -3.22. The summed E-state index contributed by atoms with van der Waals surface area (Å²) < 4.78 is 49.9. The molecule has 9 nitrogen and oxygen atoms in total. The number of nitrogens with zero attached hydrogens (tertiary/aromatic N) is 5. The van der Waals surface area contributed by atoms with Gasteiger partial charge >= 0.3 is 12.3 Å². The number of piperidine rings is 1. The number of hydrogen-bond acceptors (Lipinski definition) is 7. The maximum Gasteiger partial charge on any atom is 0.416 e. The molecule has 1 aliphatic rings. The van der Waals surface area contributed by atoms with Crippen molar-refractivity contribution in [1.29, 1.82) is 0 Å². The van der Waals surface area contributed by atoms with Crippen LogP contribution in [0.25, 0.3) is 11.4 Å². The van der Waals surface area contributed by atoms with Crippen LogP contribution >= 0.6 is 0 Å². The van der Waals surface area contributed by atoms with Crippen LogP contribution in [0.2, 0.25) is 0 Å². The smallest absolute Gasteiger partial charge is 0.416 e. The largest absolute Gasteiger partial charge is 0.444 e. The van der Waals surface area contributed by atoms with Crippen LogP contribution < -0.4 is 5.32 Å². The van der Waals surface area contributed by atoms with Crippen LogP contribution in [0, 0.1) is 0 Å². The number of benzene rings is 2. The lowest BCUT2D eigenvalue weighted by Crippen LogP contribution is -2.43. The van der Waals surface area contributed by atoms with E-state index in [4.69, 9.17) is 9.47 Å². The Morgan fingerprint density at radius 1 is 1.05 bits per heavy atom. The fourth-order valence-corrected chi connectivity index (χ4v) is 3.96. The van der Waals surface area contributed by atoms with Crippen molar-refractivity contribution in [3.05, 3.63) is 54.1 Å². The molecule has 0 saturated carbocycles. The zero-order chi connectivity index (χ0) is 27.3. The number of amides is 1.